The molecule has 1 aliphatic carbocycles. The predicted octanol–water partition coefficient (Wildman–Crippen LogP) is 3.37. The fraction of sp³-hybridized carbons (Fsp3) is 0.391. The molecule has 0 radical (unpaired) electrons. The van der Waals surface area contributed by atoms with Crippen molar-refractivity contribution in [2.45, 2.75) is 44.7 Å². The van der Waals surface area contributed by atoms with Crippen LogP contribution in [0.1, 0.15) is 55.0 Å². The molecule has 1 fully saturated rings. The molecule has 28 heavy (non-hydrogen) atoms. The number of carbonyl (C=O) groups is 2. The summed E-state index contributed by atoms with van der Waals surface area (Å²) in [6.45, 7) is 2.50. The van der Waals surface area contributed by atoms with Crippen LogP contribution in [-0.2, 0) is 16.0 Å². The van der Waals surface area contributed by atoms with Crippen molar-refractivity contribution in [3.8, 4) is 0 Å². The number of hydrogen-bond acceptors (Lipinski definition) is 3. The third-order valence-corrected chi connectivity index (χ3v) is 6.08. The van der Waals surface area contributed by atoms with Crippen molar-refractivity contribution in [2.24, 2.45) is 5.92 Å². The number of fused-ring (bicyclic) bond motifs is 1. The van der Waals surface area contributed by atoms with Crippen molar-refractivity contribution in [3.05, 3.63) is 65.2 Å². The minimum Gasteiger partial charge on any atom is -0.399 e. The van der Waals surface area contributed by atoms with Crippen LogP contribution in [0.15, 0.2) is 48.5 Å². The fourth-order valence-electron chi connectivity index (χ4n) is 4.47. The van der Waals surface area contributed by atoms with Gasteiger partial charge in [0.2, 0.25) is 11.8 Å². The first kappa shape index (κ1) is 18.5. The summed E-state index contributed by atoms with van der Waals surface area (Å²) in [7, 11) is 0. The standard InChI is InChI=1S/C23H27N3O2/c1-15(16-6-3-2-4-7-16)26-14-18(13-22(26)27)23(28)25-21-9-5-8-17-12-19(24)10-11-20(17)21/h2-4,6-7,10-12,15,18,21H,5,8-9,13-14,24H2,1H3,(H,25,28). The molecule has 3 atom stereocenters. The lowest BCUT2D eigenvalue weighted by molar-refractivity contribution is -0.130. The minimum atomic E-state index is -0.294. The number of nitrogen functional groups attached to an aromatic ring is 1. The quantitative estimate of drug-likeness (QED) is 0.802. The molecular weight excluding hydrogens is 350 g/mol. The normalized spacial score (nSPS) is 22.6. The Hall–Kier alpha value is -2.82. The monoisotopic (exact) mass is 377 g/mol. The van der Waals surface area contributed by atoms with Gasteiger partial charge in [0, 0.05) is 18.7 Å². The van der Waals surface area contributed by atoms with E-state index in [-0.39, 0.29) is 36.2 Å². The maximum atomic E-state index is 12.9. The predicted molar refractivity (Wildman–Crippen MR) is 109 cm³/mol. The van der Waals surface area contributed by atoms with E-state index < -0.39 is 0 Å². The van der Waals surface area contributed by atoms with Crippen LogP contribution in [-0.4, -0.2) is 23.3 Å². The molecule has 1 heterocycles. The summed E-state index contributed by atoms with van der Waals surface area (Å²) in [6.07, 6.45) is 3.23. The molecule has 0 saturated carbocycles. The van der Waals surface area contributed by atoms with E-state index in [0.29, 0.717) is 6.54 Å². The maximum Gasteiger partial charge on any atom is 0.225 e. The number of amides is 2. The summed E-state index contributed by atoms with van der Waals surface area (Å²) in [4.78, 5) is 27.3. The summed E-state index contributed by atoms with van der Waals surface area (Å²) in [5.74, 6) is -0.267. The lowest BCUT2D eigenvalue weighted by atomic mass is 9.87. The molecule has 5 heteroatoms. The van der Waals surface area contributed by atoms with Crippen molar-refractivity contribution in [1.82, 2.24) is 10.2 Å². The molecule has 2 amide bonds. The maximum absolute atomic E-state index is 12.9. The number of aryl methyl sites for hydroxylation is 1. The smallest absolute Gasteiger partial charge is 0.225 e. The molecule has 2 aromatic rings. The van der Waals surface area contributed by atoms with E-state index in [1.54, 1.807) is 0 Å². The third-order valence-electron chi connectivity index (χ3n) is 6.08. The molecule has 146 valence electrons. The summed E-state index contributed by atoms with van der Waals surface area (Å²) < 4.78 is 0. The van der Waals surface area contributed by atoms with Crippen LogP contribution in [0.4, 0.5) is 5.69 Å². The number of hydrogen-bond donors (Lipinski definition) is 2. The molecule has 0 spiro atoms. The van der Waals surface area contributed by atoms with Gasteiger partial charge in [-0.1, -0.05) is 36.4 Å². The molecule has 4 rings (SSSR count). The molecule has 2 aromatic carbocycles. The highest BCUT2D eigenvalue weighted by Gasteiger charge is 2.38. The second kappa shape index (κ2) is 7.66. The second-order valence-electron chi connectivity index (χ2n) is 7.95. The Labute approximate surface area is 165 Å². The van der Waals surface area contributed by atoms with Crippen LogP contribution in [0.5, 0.6) is 0 Å². The minimum absolute atomic E-state index is 0.00699. The van der Waals surface area contributed by atoms with Crippen LogP contribution in [0.25, 0.3) is 0 Å². The average molecular weight is 377 g/mol. The Kier molecular flexibility index (Phi) is 5.07. The zero-order valence-corrected chi connectivity index (χ0v) is 16.2. The number of anilines is 1. The van der Waals surface area contributed by atoms with Crippen molar-refractivity contribution in [2.75, 3.05) is 12.3 Å². The highest BCUT2D eigenvalue weighted by molar-refractivity contribution is 5.89. The number of nitrogens with zero attached hydrogens (tertiary/aromatic N) is 1. The van der Waals surface area contributed by atoms with Gasteiger partial charge in [0.25, 0.3) is 0 Å². The van der Waals surface area contributed by atoms with E-state index in [1.807, 2.05) is 60.4 Å². The fourth-order valence-corrected chi connectivity index (χ4v) is 4.47. The van der Waals surface area contributed by atoms with Crippen molar-refractivity contribution < 1.29 is 9.59 Å². The van der Waals surface area contributed by atoms with Gasteiger partial charge >= 0.3 is 0 Å². The zero-order chi connectivity index (χ0) is 19.7. The summed E-state index contributed by atoms with van der Waals surface area (Å²) in [5, 5.41) is 3.20. The van der Waals surface area contributed by atoms with E-state index in [1.165, 1.54) is 5.56 Å². The molecular formula is C23H27N3O2. The first-order valence-corrected chi connectivity index (χ1v) is 10.1. The number of benzene rings is 2. The summed E-state index contributed by atoms with van der Waals surface area (Å²) in [5.41, 5.74) is 10.1. The number of carbonyl (C=O) groups excluding carboxylic acids is 2. The lowest BCUT2D eigenvalue weighted by Crippen LogP contribution is -2.37. The Balaban J connectivity index is 1.43. The van der Waals surface area contributed by atoms with Gasteiger partial charge in [-0.15, -0.1) is 0 Å². The Bertz CT molecular complexity index is 881. The molecule has 5 nitrogen and oxygen atoms in total. The zero-order valence-electron chi connectivity index (χ0n) is 16.2. The summed E-state index contributed by atoms with van der Waals surface area (Å²) >= 11 is 0. The largest absolute Gasteiger partial charge is 0.399 e. The van der Waals surface area contributed by atoms with Crippen LogP contribution in [0.2, 0.25) is 0 Å². The van der Waals surface area contributed by atoms with Gasteiger partial charge in [0.1, 0.15) is 0 Å². The van der Waals surface area contributed by atoms with Crippen molar-refractivity contribution in [3.63, 3.8) is 0 Å². The average Bonchev–Trinajstić information content (AvgIpc) is 3.10. The van der Waals surface area contributed by atoms with E-state index in [2.05, 4.69) is 5.32 Å². The van der Waals surface area contributed by atoms with Gasteiger partial charge in [-0.05, 0) is 55.0 Å². The number of likely N-dealkylation sites (tertiary alicyclic amines) is 1. The van der Waals surface area contributed by atoms with Crippen LogP contribution in [0.3, 0.4) is 0 Å². The molecule has 0 bridgehead atoms. The van der Waals surface area contributed by atoms with E-state index in [0.717, 1.165) is 36.1 Å². The van der Waals surface area contributed by atoms with Crippen LogP contribution < -0.4 is 11.1 Å². The van der Waals surface area contributed by atoms with Gasteiger partial charge in [-0.3, -0.25) is 9.59 Å². The van der Waals surface area contributed by atoms with Crippen LogP contribution >= 0.6 is 0 Å². The van der Waals surface area contributed by atoms with E-state index in [9.17, 15) is 9.59 Å². The van der Waals surface area contributed by atoms with Crippen molar-refractivity contribution in [1.29, 1.82) is 0 Å². The Morgan fingerprint density at radius 1 is 1.21 bits per heavy atom. The van der Waals surface area contributed by atoms with Crippen LogP contribution in [0, 0.1) is 5.92 Å². The van der Waals surface area contributed by atoms with E-state index in [4.69, 9.17) is 5.73 Å². The number of nitrogens with one attached hydrogen (secondary N) is 1. The number of nitrogens with two attached hydrogens (primary N) is 1. The van der Waals surface area contributed by atoms with E-state index >= 15 is 0 Å². The second-order valence-corrected chi connectivity index (χ2v) is 7.95. The van der Waals surface area contributed by atoms with Gasteiger partial charge in [0.15, 0.2) is 0 Å². The van der Waals surface area contributed by atoms with Gasteiger partial charge in [-0.2, -0.15) is 0 Å². The molecule has 2 aliphatic rings. The topological polar surface area (TPSA) is 75.4 Å². The number of rotatable bonds is 4. The Morgan fingerprint density at radius 3 is 2.79 bits per heavy atom. The summed E-state index contributed by atoms with van der Waals surface area (Å²) in [6, 6.07) is 15.9. The third kappa shape index (κ3) is 3.61. The molecule has 1 aliphatic heterocycles. The van der Waals surface area contributed by atoms with Gasteiger partial charge < -0.3 is 16.0 Å². The van der Waals surface area contributed by atoms with Crippen molar-refractivity contribution >= 4 is 17.5 Å². The lowest BCUT2D eigenvalue weighted by Gasteiger charge is -2.28. The highest BCUT2D eigenvalue weighted by Crippen LogP contribution is 2.33. The molecule has 3 N–H and O–H groups in total. The molecule has 0 aromatic heterocycles. The first-order valence-electron chi connectivity index (χ1n) is 10.1. The van der Waals surface area contributed by atoms with Gasteiger partial charge in [0.05, 0.1) is 18.0 Å². The molecule has 1 saturated heterocycles. The Morgan fingerprint density at radius 2 is 2.00 bits per heavy atom. The van der Waals surface area contributed by atoms with Gasteiger partial charge in [-0.25, -0.2) is 0 Å². The SMILES string of the molecule is CC(c1ccccc1)N1CC(C(=O)NC2CCCc3cc(N)ccc32)CC1=O. The molecule has 3 unspecified atom stereocenters. The highest BCUT2D eigenvalue weighted by atomic mass is 16.2. The first-order chi connectivity index (χ1) is 13.5.